The number of carbonyl (C=O) groups excluding carboxylic acids is 1. The fourth-order valence-electron chi connectivity index (χ4n) is 2.15. The highest BCUT2D eigenvalue weighted by molar-refractivity contribution is 5.96. The summed E-state index contributed by atoms with van der Waals surface area (Å²) in [5, 5.41) is 2.93. The second-order valence-corrected chi connectivity index (χ2v) is 5.58. The first-order valence-electron chi connectivity index (χ1n) is 7.32. The summed E-state index contributed by atoms with van der Waals surface area (Å²) in [6.45, 7) is 6.23. The fraction of sp³-hybridized carbons (Fsp3) is 0.278. The molecule has 2 aromatic carbocycles. The first-order chi connectivity index (χ1) is 10.5. The molecule has 0 aliphatic carbocycles. The fourth-order valence-corrected chi connectivity index (χ4v) is 2.15. The molecule has 0 spiro atoms. The van der Waals surface area contributed by atoms with E-state index in [0.29, 0.717) is 17.9 Å². The zero-order valence-corrected chi connectivity index (χ0v) is 13.2. The zero-order valence-electron chi connectivity index (χ0n) is 13.2. The second-order valence-electron chi connectivity index (χ2n) is 5.58. The van der Waals surface area contributed by atoms with Crippen molar-refractivity contribution in [2.24, 2.45) is 0 Å². The molecule has 0 saturated carbocycles. The van der Waals surface area contributed by atoms with Crippen LogP contribution in [0, 0.1) is 13.8 Å². The van der Waals surface area contributed by atoms with Crippen molar-refractivity contribution in [3.63, 3.8) is 0 Å². The van der Waals surface area contributed by atoms with Gasteiger partial charge in [0.1, 0.15) is 12.4 Å². The van der Waals surface area contributed by atoms with Gasteiger partial charge in [-0.3, -0.25) is 4.79 Å². The molecule has 0 saturated heterocycles. The van der Waals surface area contributed by atoms with E-state index in [4.69, 9.17) is 10.5 Å². The highest BCUT2D eigenvalue weighted by atomic mass is 16.5. The quantitative estimate of drug-likeness (QED) is 0.834. The largest absolute Gasteiger partial charge is 0.491 e. The van der Waals surface area contributed by atoms with Crippen molar-refractivity contribution in [3.8, 4) is 5.75 Å². The third-order valence-corrected chi connectivity index (χ3v) is 3.37. The molecule has 0 fully saturated rings. The molecule has 0 aliphatic rings. The van der Waals surface area contributed by atoms with E-state index in [1.807, 2.05) is 51.1 Å². The van der Waals surface area contributed by atoms with E-state index in [0.717, 1.165) is 16.9 Å². The molecule has 2 rings (SSSR count). The van der Waals surface area contributed by atoms with E-state index < -0.39 is 0 Å². The minimum atomic E-state index is -0.134. The molecule has 1 atom stereocenters. The highest BCUT2D eigenvalue weighted by Gasteiger charge is 2.13. The number of nitrogen functional groups attached to an aromatic ring is 1. The molecule has 4 heteroatoms. The third-order valence-electron chi connectivity index (χ3n) is 3.37. The van der Waals surface area contributed by atoms with E-state index in [-0.39, 0.29) is 11.9 Å². The molecule has 2 aromatic rings. The van der Waals surface area contributed by atoms with Gasteiger partial charge in [0.2, 0.25) is 0 Å². The van der Waals surface area contributed by atoms with E-state index in [1.165, 1.54) is 0 Å². The lowest BCUT2D eigenvalue weighted by Gasteiger charge is -2.16. The van der Waals surface area contributed by atoms with Gasteiger partial charge in [-0.1, -0.05) is 18.2 Å². The van der Waals surface area contributed by atoms with Crippen molar-refractivity contribution in [2.75, 3.05) is 12.3 Å². The van der Waals surface area contributed by atoms with Gasteiger partial charge in [0, 0.05) is 11.3 Å². The van der Waals surface area contributed by atoms with Gasteiger partial charge in [-0.2, -0.15) is 0 Å². The summed E-state index contributed by atoms with van der Waals surface area (Å²) in [7, 11) is 0. The maximum Gasteiger partial charge on any atom is 0.251 e. The number of hydrogen-bond donors (Lipinski definition) is 2. The molecule has 116 valence electrons. The van der Waals surface area contributed by atoms with Gasteiger partial charge in [0.15, 0.2) is 0 Å². The van der Waals surface area contributed by atoms with Gasteiger partial charge < -0.3 is 15.8 Å². The maximum absolute atomic E-state index is 12.3. The summed E-state index contributed by atoms with van der Waals surface area (Å²) in [5.41, 5.74) is 8.97. The number of anilines is 1. The summed E-state index contributed by atoms with van der Waals surface area (Å²) in [4.78, 5) is 12.3. The van der Waals surface area contributed by atoms with Gasteiger partial charge in [0.05, 0.1) is 6.04 Å². The predicted molar refractivity (Wildman–Crippen MR) is 89.2 cm³/mol. The van der Waals surface area contributed by atoms with Gasteiger partial charge in [-0.05, 0) is 56.2 Å². The Balaban J connectivity index is 1.92. The molecule has 1 amide bonds. The van der Waals surface area contributed by atoms with Crippen molar-refractivity contribution in [1.29, 1.82) is 0 Å². The van der Waals surface area contributed by atoms with Gasteiger partial charge in [-0.25, -0.2) is 0 Å². The van der Waals surface area contributed by atoms with E-state index in [1.54, 1.807) is 12.1 Å². The monoisotopic (exact) mass is 298 g/mol. The summed E-state index contributed by atoms with van der Waals surface area (Å²) in [5.74, 6) is 0.673. The second kappa shape index (κ2) is 6.98. The number of nitrogens with one attached hydrogen (secondary N) is 1. The average Bonchev–Trinajstić information content (AvgIpc) is 2.47. The maximum atomic E-state index is 12.3. The SMILES string of the molecule is Cc1cccc(OCC(C)NC(=O)c2cc(N)ccc2C)c1. The van der Waals surface area contributed by atoms with Crippen LogP contribution in [0.4, 0.5) is 5.69 Å². The van der Waals surface area contributed by atoms with Crippen molar-refractivity contribution < 1.29 is 9.53 Å². The lowest BCUT2D eigenvalue weighted by atomic mass is 10.1. The Bertz CT molecular complexity index is 668. The molecule has 4 nitrogen and oxygen atoms in total. The van der Waals surface area contributed by atoms with Crippen LogP contribution >= 0.6 is 0 Å². The Morgan fingerprint density at radius 3 is 2.73 bits per heavy atom. The van der Waals surface area contributed by atoms with Gasteiger partial charge >= 0.3 is 0 Å². The van der Waals surface area contributed by atoms with Crippen molar-refractivity contribution in [1.82, 2.24) is 5.32 Å². The van der Waals surface area contributed by atoms with E-state index in [9.17, 15) is 4.79 Å². The first-order valence-corrected chi connectivity index (χ1v) is 7.32. The minimum Gasteiger partial charge on any atom is -0.491 e. The van der Waals surface area contributed by atoms with Crippen molar-refractivity contribution in [2.45, 2.75) is 26.8 Å². The molecule has 3 N–H and O–H groups in total. The van der Waals surface area contributed by atoms with E-state index >= 15 is 0 Å². The number of amides is 1. The van der Waals surface area contributed by atoms with Crippen LogP contribution < -0.4 is 15.8 Å². The van der Waals surface area contributed by atoms with Crippen LogP contribution in [-0.2, 0) is 0 Å². The Morgan fingerprint density at radius 1 is 1.23 bits per heavy atom. The zero-order chi connectivity index (χ0) is 16.1. The summed E-state index contributed by atoms with van der Waals surface area (Å²) in [6.07, 6.45) is 0. The van der Waals surface area contributed by atoms with Crippen molar-refractivity contribution in [3.05, 3.63) is 59.2 Å². The Kier molecular flexibility index (Phi) is 5.04. The van der Waals surface area contributed by atoms with Gasteiger partial charge in [0.25, 0.3) is 5.91 Å². The first kappa shape index (κ1) is 15.9. The summed E-state index contributed by atoms with van der Waals surface area (Å²) < 4.78 is 5.70. The number of ether oxygens (including phenoxy) is 1. The molecule has 1 unspecified atom stereocenters. The standard InChI is InChI=1S/C18H22N2O2/c1-12-5-4-6-16(9-12)22-11-14(3)20-18(21)17-10-15(19)8-7-13(17)2/h4-10,14H,11,19H2,1-3H3,(H,20,21). The lowest BCUT2D eigenvalue weighted by Crippen LogP contribution is -2.37. The number of benzene rings is 2. The van der Waals surface area contributed by atoms with Crippen LogP contribution in [-0.4, -0.2) is 18.6 Å². The minimum absolute atomic E-state index is 0.103. The van der Waals surface area contributed by atoms with Crippen LogP contribution in [0.25, 0.3) is 0 Å². The van der Waals surface area contributed by atoms with Gasteiger partial charge in [-0.15, -0.1) is 0 Å². The number of rotatable bonds is 5. The van der Waals surface area contributed by atoms with Crippen LogP contribution in [0.5, 0.6) is 5.75 Å². The molecule has 0 heterocycles. The molecular weight excluding hydrogens is 276 g/mol. The highest BCUT2D eigenvalue weighted by Crippen LogP contribution is 2.14. The summed E-state index contributed by atoms with van der Waals surface area (Å²) in [6, 6.07) is 13.1. The topological polar surface area (TPSA) is 64.3 Å². The Hall–Kier alpha value is -2.49. The smallest absolute Gasteiger partial charge is 0.251 e. The molecule has 0 radical (unpaired) electrons. The molecular formula is C18H22N2O2. The normalized spacial score (nSPS) is 11.8. The third kappa shape index (κ3) is 4.25. The van der Waals surface area contributed by atoms with E-state index in [2.05, 4.69) is 5.32 Å². The van der Waals surface area contributed by atoms with Crippen LogP contribution in [0.2, 0.25) is 0 Å². The summed E-state index contributed by atoms with van der Waals surface area (Å²) >= 11 is 0. The average molecular weight is 298 g/mol. The molecule has 22 heavy (non-hydrogen) atoms. The lowest BCUT2D eigenvalue weighted by molar-refractivity contribution is 0.0926. The molecule has 0 bridgehead atoms. The Labute approximate surface area is 131 Å². The number of nitrogens with two attached hydrogens (primary N) is 1. The number of aryl methyl sites for hydroxylation is 2. The molecule has 0 aliphatic heterocycles. The van der Waals surface area contributed by atoms with Crippen LogP contribution in [0.1, 0.15) is 28.4 Å². The van der Waals surface area contributed by atoms with Crippen LogP contribution in [0.15, 0.2) is 42.5 Å². The molecule has 0 aromatic heterocycles. The predicted octanol–water partition coefficient (Wildman–Crippen LogP) is 3.08. The Morgan fingerprint density at radius 2 is 2.00 bits per heavy atom. The number of carbonyl (C=O) groups is 1. The van der Waals surface area contributed by atoms with Crippen molar-refractivity contribution >= 4 is 11.6 Å². The van der Waals surface area contributed by atoms with Crippen LogP contribution in [0.3, 0.4) is 0 Å². The number of hydrogen-bond acceptors (Lipinski definition) is 3.